The molecule has 1 unspecified atom stereocenters. The maximum Gasteiger partial charge on any atom is 0.449 e. The van der Waals surface area contributed by atoms with Crippen LogP contribution in [0.25, 0.3) is 11.0 Å². The van der Waals surface area contributed by atoms with E-state index in [4.69, 9.17) is 0 Å². The molecule has 2 N–H and O–H groups in total. The Labute approximate surface area is 134 Å². The summed E-state index contributed by atoms with van der Waals surface area (Å²) in [7, 11) is 1.47. The Kier molecular flexibility index (Phi) is 4.83. The molecule has 24 heavy (non-hydrogen) atoms. The number of nitrogens with one attached hydrogen (secondary N) is 1. The minimum absolute atomic E-state index is 0.0843. The van der Waals surface area contributed by atoms with E-state index < -0.39 is 29.5 Å². The van der Waals surface area contributed by atoms with Crippen molar-refractivity contribution in [2.45, 2.75) is 19.2 Å². The summed E-state index contributed by atoms with van der Waals surface area (Å²) in [6.45, 7) is 1.61. The zero-order chi connectivity index (χ0) is 18.1. The maximum absolute atomic E-state index is 12.6. The lowest BCUT2D eigenvalue weighted by Crippen LogP contribution is -2.36. The van der Waals surface area contributed by atoms with Gasteiger partial charge in [0.2, 0.25) is 5.76 Å². The number of carbonyl (C=O) groups is 1. The Hall–Kier alpha value is -2.55. The van der Waals surface area contributed by atoms with Crippen molar-refractivity contribution in [3.8, 4) is 0 Å². The highest BCUT2D eigenvalue weighted by Gasteiger charge is 2.34. The second kappa shape index (κ2) is 6.52. The number of halogens is 3. The van der Waals surface area contributed by atoms with Crippen molar-refractivity contribution in [1.29, 1.82) is 0 Å². The summed E-state index contributed by atoms with van der Waals surface area (Å²) in [5.74, 6) is -1.38. The molecule has 0 aliphatic heterocycles. The first-order chi connectivity index (χ1) is 11.1. The first-order valence-corrected chi connectivity index (χ1v) is 6.93. The molecule has 1 heterocycles. The van der Waals surface area contributed by atoms with E-state index in [1.165, 1.54) is 37.1 Å². The zero-order valence-electron chi connectivity index (χ0n) is 12.8. The first-order valence-electron chi connectivity index (χ1n) is 6.93. The minimum Gasteiger partial charge on any atom is -0.451 e. The SMILES string of the molecule is CC(O)CN(C)C(=O)Nc1ccc2oc(C(F)(F)F)cc(=O)c2c1. The van der Waals surface area contributed by atoms with Crippen LogP contribution >= 0.6 is 0 Å². The van der Waals surface area contributed by atoms with Crippen LogP contribution in [0.15, 0.2) is 33.5 Å². The second-order valence-electron chi connectivity index (χ2n) is 5.34. The Morgan fingerprint density at radius 1 is 1.38 bits per heavy atom. The zero-order valence-corrected chi connectivity index (χ0v) is 12.8. The largest absolute Gasteiger partial charge is 0.451 e. The molecule has 1 atom stereocenters. The Morgan fingerprint density at radius 2 is 2.04 bits per heavy atom. The van der Waals surface area contributed by atoms with E-state index in [-0.39, 0.29) is 23.2 Å². The third kappa shape index (κ3) is 4.05. The number of carbonyl (C=O) groups excluding carboxylic acids is 1. The highest BCUT2D eigenvalue weighted by atomic mass is 19.4. The lowest BCUT2D eigenvalue weighted by Gasteiger charge is -2.19. The first kappa shape index (κ1) is 17.8. The van der Waals surface area contributed by atoms with Crippen LogP contribution in [0.3, 0.4) is 0 Å². The molecule has 1 aromatic carbocycles. The number of nitrogens with zero attached hydrogens (tertiary/aromatic N) is 1. The van der Waals surface area contributed by atoms with Crippen molar-refractivity contribution in [3.05, 3.63) is 40.2 Å². The van der Waals surface area contributed by atoms with Crippen LogP contribution in [0.5, 0.6) is 0 Å². The molecule has 9 heteroatoms. The molecule has 0 saturated carbocycles. The van der Waals surface area contributed by atoms with Gasteiger partial charge in [0, 0.05) is 25.3 Å². The molecule has 0 aliphatic carbocycles. The summed E-state index contributed by atoms with van der Waals surface area (Å²) in [5, 5.41) is 11.6. The van der Waals surface area contributed by atoms with Crippen molar-refractivity contribution in [1.82, 2.24) is 4.90 Å². The monoisotopic (exact) mass is 344 g/mol. The number of hydrogen-bond acceptors (Lipinski definition) is 4. The van der Waals surface area contributed by atoms with Crippen LogP contribution in [-0.2, 0) is 6.18 Å². The average molecular weight is 344 g/mol. The number of anilines is 1. The molecule has 0 aliphatic rings. The number of alkyl halides is 3. The summed E-state index contributed by atoms with van der Waals surface area (Å²) < 4.78 is 42.6. The van der Waals surface area contributed by atoms with Gasteiger partial charge in [-0.25, -0.2) is 4.79 Å². The molecule has 2 rings (SSSR count). The number of fused-ring (bicyclic) bond motifs is 1. The highest BCUT2D eigenvalue weighted by Crippen LogP contribution is 2.30. The summed E-state index contributed by atoms with van der Waals surface area (Å²) in [5.41, 5.74) is -0.876. The molecule has 0 radical (unpaired) electrons. The molecule has 6 nitrogen and oxygen atoms in total. The molecular formula is C15H15F3N2O4. The van der Waals surface area contributed by atoms with Gasteiger partial charge in [-0.2, -0.15) is 13.2 Å². The van der Waals surface area contributed by atoms with Gasteiger partial charge in [0.05, 0.1) is 11.5 Å². The van der Waals surface area contributed by atoms with E-state index in [0.717, 1.165) is 0 Å². The number of benzene rings is 1. The van der Waals surface area contributed by atoms with Crippen molar-refractivity contribution < 1.29 is 27.5 Å². The van der Waals surface area contributed by atoms with E-state index in [9.17, 15) is 27.9 Å². The molecule has 0 spiro atoms. The van der Waals surface area contributed by atoms with Crippen LogP contribution in [0.4, 0.5) is 23.7 Å². The van der Waals surface area contributed by atoms with Gasteiger partial charge in [0.1, 0.15) is 5.58 Å². The molecule has 0 bridgehead atoms. The number of urea groups is 1. The Bertz CT molecular complexity index is 814. The van der Waals surface area contributed by atoms with Gasteiger partial charge in [0.25, 0.3) is 0 Å². The highest BCUT2D eigenvalue weighted by molar-refractivity contribution is 5.92. The smallest absolute Gasteiger partial charge is 0.449 e. The summed E-state index contributed by atoms with van der Waals surface area (Å²) >= 11 is 0. The average Bonchev–Trinajstić information content (AvgIpc) is 2.46. The molecule has 1 aromatic heterocycles. The number of rotatable bonds is 3. The maximum atomic E-state index is 12.6. The van der Waals surface area contributed by atoms with Gasteiger partial charge in [-0.1, -0.05) is 0 Å². The standard InChI is InChI=1S/C15H15F3N2O4/c1-8(21)7-20(2)14(23)19-9-3-4-12-10(5-9)11(22)6-13(24-12)15(16,17)18/h3-6,8,21H,7H2,1-2H3,(H,19,23). The Balaban J connectivity index is 2.31. The minimum atomic E-state index is -4.76. The van der Waals surface area contributed by atoms with Crippen LogP contribution < -0.4 is 10.7 Å². The van der Waals surface area contributed by atoms with Crippen LogP contribution in [-0.4, -0.2) is 35.7 Å². The lowest BCUT2D eigenvalue weighted by atomic mass is 10.2. The van der Waals surface area contributed by atoms with E-state index in [1.807, 2.05) is 0 Å². The van der Waals surface area contributed by atoms with E-state index in [2.05, 4.69) is 9.73 Å². The number of hydrogen-bond donors (Lipinski definition) is 2. The second-order valence-corrected chi connectivity index (χ2v) is 5.34. The molecule has 0 saturated heterocycles. The van der Waals surface area contributed by atoms with Gasteiger partial charge in [0.15, 0.2) is 5.43 Å². The topological polar surface area (TPSA) is 82.8 Å². The van der Waals surface area contributed by atoms with Gasteiger partial charge < -0.3 is 19.7 Å². The Morgan fingerprint density at radius 3 is 2.62 bits per heavy atom. The van der Waals surface area contributed by atoms with Crippen molar-refractivity contribution in [2.75, 3.05) is 18.9 Å². The molecule has 0 fully saturated rings. The molecule has 2 amide bonds. The third-order valence-electron chi connectivity index (χ3n) is 3.14. The van der Waals surface area contributed by atoms with Crippen LogP contribution in [0.1, 0.15) is 12.7 Å². The number of aliphatic hydroxyl groups excluding tert-OH is 1. The van der Waals surface area contributed by atoms with Gasteiger partial charge >= 0.3 is 12.2 Å². The number of likely N-dealkylation sites (N-methyl/N-ethyl adjacent to an activating group) is 1. The predicted octanol–water partition coefficient (Wildman–Crippen LogP) is 2.66. The predicted molar refractivity (Wildman–Crippen MR) is 80.8 cm³/mol. The summed E-state index contributed by atoms with van der Waals surface area (Å²) in [6.07, 6.45) is -5.48. The molecule has 130 valence electrons. The number of aliphatic hydroxyl groups is 1. The molecule has 2 aromatic rings. The van der Waals surface area contributed by atoms with Crippen molar-refractivity contribution in [3.63, 3.8) is 0 Å². The van der Waals surface area contributed by atoms with Gasteiger partial charge in [-0.3, -0.25) is 4.79 Å². The molecular weight excluding hydrogens is 329 g/mol. The van der Waals surface area contributed by atoms with Gasteiger partial charge in [-0.05, 0) is 25.1 Å². The summed E-state index contributed by atoms with van der Waals surface area (Å²) in [4.78, 5) is 25.0. The quantitative estimate of drug-likeness (QED) is 0.897. The lowest BCUT2D eigenvalue weighted by molar-refractivity contribution is -0.152. The van der Waals surface area contributed by atoms with Crippen molar-refractivity contribution in [2.24, 2.45) is 0 Å². The van der Waals surface area contributed by atoms with E-state index in [0.29, 0.717) is 6.07 Å². The fraction of sp³-hybridized carbons (Fsp3) is 0.333. The van der Waals surface area contributed by atoms with E-state index in [1.54, 1.807) is 0 Å². The summed E-state index contributed by atoms with van der Waals surface area (Å²) in [6, 6.07) is 3.56. The van der Waals surface area contributed by atoms with Gasteiger partial charge in [-0.15, -0.1) is 0 Å². The van der Waals surface area contributed by atoms with Crippen LogP contribution in [0.2, 0.25) is 0 Å². The fourth-order valence-corrected chi connectivity index (χ4v) is 2.07. The number of amides is 2. The fourth-order valence-electron chi connectivity index (χ4n) is 2.07. The van der Waals surface area contributed by atoms with Crippen molar-refractivity contribution >= 4 is 22.7 Å². The van der Waals surface area contributed by atoms with Crippen LogP contribution in [0, 0.1) is 0 Å². The normalized spacial score (nSPS) is 12.9. The third-order valence-corrected chi connectivity index (χ3v) is 3.14. The van der Waals surface area contributed by atoms with E-state index >= 15 is 0 Å².